The Bertz CT molecular complexity index is 333. The van der Waals surface area contributed by atoms with Gasteiger partial charge in [0.15, 0.2) is 0 Å². The van der Waals surface area contributed by atoms with E-state index in [1.165, 1.54) is 0 Å². The van der Waals surface area contributed by atoms with Crippen LogP contribution in [0.2, 0.25) is 0 Å². The summed E-state index contributed by atoms with van der Waals surface area (Å²) in [6.45, 7) is 0. The predicted molar refractivity (Wildman–Crippen MR) is 36.4 cm³/mol. The van der Waals surface area contributed by atoms with Crippen molar-refractivity contribution in [3.63, 3.8) is 0 Å². The maximum Gasteiger partial charge on any atom is 0.224 e. The zero-order chi connectivity index (χ0) is 7.68. The molecule has 0 aliphatic heterocycles. The van der Waals surface area contributed by atoms with Gasteiger partial charge in [0.25, 0.3) is 0 Å². The Labute approximate surface area is 62.2 Å². The molecule has 11 heavy (non-hydrogen) atoms. The summed E-state index contributed by atoms with van der Waals surface area (Å²) in [4.78, 5) is 0. The third-order valence-electron chi connectivity index (χ3n) is 1.29. The van der Waals surface area contributed by atoms with Crippen LogP contribution in [0.1, 0.15) is 0 Å². The molecule has 6 heteroatoms. The van der Waals surface area contributed by atoms with Crippen molar-refractivity contribution >= 4 is 0 Å². The number of aromatic nitrogens is 6. The first kappa shape index (κ1) is 6.02. The summed E-state index contributed by atoms with van der Waals surface area (Å²) in [6.07, 6.45) is 1.83. The van der Waals surface area contributed by atoms with Crippen LogP contribution >= 0.6 is 0 Å². The first-order chi connectivity index (χ1) is 5.36. The molecule has 2 aromatic rings. The Balaban J connectivity index is 2.45. The minimum absolute atomic E-state index is 0.519. The average Bonchev–Trinajstić information content (AvgIpc) is 2.55. The van der Waals surface area contributed by atoms with Crippen LogP contribution < -0.4 is 0 Å². The molecule has 0 spiro atoms. The van der Waals surface area contributed by atoms with Crippen LogP contribution in [0, 0.1) is 0 Å². The summed E-state index contributed by atoms with van der Waals surface area (Å²) in [5.74, 6) is 0.519. The van der Waals surface area contributed by atoms with Crippen molar-refractivity contribution < 1.29 is 0 Å². The molecule has 1 N–H and O–H groups in total. The molecule has 0 radical (unpaired) electrons. The van der Waals surface area contributed by atoms with Crippen molar-refractivity contribution in [2.45, 2.75) is 0 Å². The van der Waals surface area contributed by atoms with E-state index in [0.717, 1.165) is 5.69 Å². The van der Waals surface area contributed by atoms with Gasteiger partial charge in [-0.2, -0.15) is 10.3 Å². The fourth-order valence-corrected chi connectivity index (χ4v) is 0.805. The highest BCUT2D eigenvalue weighted by Gasteiger charge is 2.03. The molecule has 0 aliphatic rings. The largest absolute Gasteiger partial charge is 0.275 e. The smallest absolute Gasteiger partial charge is 0.224 e. The van der Waals surface area contributed by atoms with E-state index in [2.05, 4.69) is 25.7 Å². The standard InChI is InChI=1S/C5H6N6/c1-11-3-2-4(8-11)5-6-9-10-7-5/h2-3H,1H3,(H,6,7,9,10). The zero-order valence-electron chi connectivity index (χ0n) is 5.89. The van der Waals surface area contributed by atoms with Gasteiger partial charge in [0, 0.05) is 13.2 Å². The third kappa shape index (κ3) is 0.977. The summed E-state index contributed by atoms with van der Waals surface area (Å²) >= 11 is 0. The molecule has 2 rings (SSSR count). The van der Waals surface area contributed by atoms with Crippen molar-refractivity contribution in [3.8, 4) is 11.5 Å². The lowest BCUT2D eigenvalue weighted by atomic mass is 10.4. The number of nitrogens with one attached hydrogen (secondary N) is 1. The van der Waals surface area contributed by atoms with Crippen molar-refractivity contribution in [3.05, 3.63) is 12.3 Å². The lowest BCUT2D eigenvalue weighted by molar-refractivity contribution is 0.769. The van der Waals surface area contributed by atoms with Gasteiger partial charge >= 0.3 is 0 Å². The van der Waals surface area contributed by atoms with Crippen LogP contribution in [0.3, 0.4) is 0 Å². The normalized spacial score (nSPS) is 10.3. The SMILES string of the molecule is Cn1ccc(-c2nn[nH]n2)n1. The summed E-state index contributed by atoms with van der Waals surface area (Å²) in [5, 5.41) is 17.4. The summed E-state index contributed by atoms with van der Waals surface area (Å²) in [6, 6.07) is 1.82. The molecule has 0 aromatic carbocycles. The van der Waals surface area contributed by atoms with Gasteiger partial charge in [0.05, 0.1) is 0 Å². The number of tetrazole rings is 1. The fraction of sp³-hybridized carbons (Fsp3) is 0.200. The Kier molecular flexibility index (Phi) is 1.18. The Hall–Kier alpha value is -1.72. The molecule has 0 saturated heterocycles. The van der Waals surface area contributed by atoms with Crippen molar-refractivity contribution in [1.29, 1.82) is 0 Å². The number of H-pyrrole nitrogens is 1. The molecule has 2 heterocycles. The lowest BCUT2D eigenvalue weighted by Gasteiger charge is -1.83. The molecular weight excluding hydrogens is 144 g/mol. The van der Waals surface area contributed by atoms with Gasteiger partial charge in [0.2, 0.25) is 5.82 Å². The van der Waals surface area contributed by atoms with E-state index in [-0.39, 0.29) is 0 Å². The zero-order valence-corrected chi connectivity index (χ0v) is 5.89. The summed E-state index contributed by atoms with van der Waals surface area (Å²) < 4.78 is 1.69. The topological polar surface area (TPSA) is 72.3 Å². The van der Waals surface area contributed by atoms with Crippen LogP contribution in [0.4, 0.5) is 0 Å². The number of aromatic amines is 1. The first-order valence-corrected chi connectivity index (χ1v) is 3.10. The van der Waals surface area contributed by atoms with E-state index < -0.39 is 0 Å². The maximum atomic E-state index is 4.08. The van der Waals surface area contributed by atoms with Crippen molar-refractivity contribution in [2.24, 2.45) is 7.05 Å². The van der Waals surface area contributed by atoms with Gasteiger partial charge < -0.3 is 0 Å². The van der Waals surface area contributed by atoms with Gasteiger partial charge in [0.1, 0.15) is 5.69 Å². The molecule has 2 aromatic heterocycles. The molecule has 0 aliphatic carbocycles. The second kappa shape index (κ2) is 2.15. The molecular formula is C5H6N6. The first-order valence-electron chi connectivity index (χ1n) is 3.10. The highest BCUT2D eigenvalue weighted by molar-refractivity contribution is 5.45. The number of rotatable bonds is 1. The Morgan fingerprint density at radius 2 is 2.45 bits per heavy atom. The number of hydrogen-bond acceptors (Lipinski definition) is 4. The number of nitrogens with zero attached hydrogens (tertiary/aromatic N) is 5. The second-order valence-electron chi connectivity index (χ2n) is 2.11. The van der Waals surface area contributed by atoms with E-state index in [9.17, 15) is 0 Å². The minimum atomic E-state index is 0.519. The van der Waals surface area contributed by atoms with Crippen molar-refractivity contribution in [2.75, 3.05) is 0 Å². The van der Waals surface area contributed by atoms with Crippen LogP contribution in [0.15, 0.2) is 12.3 Å². The second-order valence-corrected chi connectivity index (χ2v) is 2.11. The molecule has 0 fully saturated rings. The van der Waals surface area contributed by atoms with E-state index in [1.54, 1.807) is 4.68 Å². The van der Waals surface area contributed by atoms with E-state index in [1.807, 2.05) is 19.3 Å². The van der Waals surface area contributed by atoms with E-state index in [0.29, 0.717) is 5.82 Å². The van der Waals surface area contributed by atoms with Crippen LogP contribution in [-0.4, -0.2) is 30.4 Å². The number of aryl methyl sites for hydroxylation is 1. The fourth-order valence-electron chi connectivity index (χ4n) is 0.805. The predicted octanol–water partition coefficient (Wildman–Crippen LogP) is -0.400. The van der Waals surface area contributed by atoms with Crippen LogP contribution in [0.5, 0.6) is 0 Å². The van der Waals surface area contributed by atoms with E-state index in [4.69, 9.17) is 0 Å². The molecule has 0 amide bonds. The minimum Gasteiger partial charge on any atom is -0.275 e. The molecule has 0 unspecified atom stereocenters. The average molecular weight is 150 g/mol. The molecule has 0 bridgehead atoms. The van der Waals surface area contributed by atoms with Gasteiger partial charge in [-0.1, -0.05) is 0 Å². The Morgan fingerprint density at radius 3 is 3.00 bits per heavy atom. The monoisotopic (exact) mass is 150 g/mol. The van der Waals surface area contributed by atoms with Gasteiger partial charge in [-0.05, 0) is 11.3 Å². The lowest BCUT2D eigenvalue weighted by Crippen LogP contribution is -1.88. The molecule has 0 atom stereocenters. The van der Waals surface area contributed by atoms with Gasteiger partial charge in [-0.15, -0.1) is 10.2 Å². The maximum absolute atomic E-state index is 4.08. The summed E-state index contributed by atoms with van der Waals surface area (Å²) in [7, 11) is 1.84. The van der Waals surface area contributed by atoms with Crippen molar-refractivity contribution in [1.82, 2.24) is 30.4 Å². The summed E-state index contributed by atoms with van der Waals surface area (Å²) in [5.41, 5.74) is 0.723. The quantitative estimate of drug-likeness (QED) is 0.600. The molecule has 0 saturated carbocycles. The van der Waals surface area contributed by atoms with Gasteiger partial charge in [-0.3, -0.25) is 4.68 Å². The Morgan fingerprint density at radius 1 is 1.55 bits per heavy atom. The van der Waals surface area contributed by atoms with Crippen LogP contribution in [0.25, 0.3) is 11.5 Å². The molecule has 6 nitrogen and oxygen atoms in total. The van der Waals surface area contributed by atoms with Crippen LogP contribution in [-0.2, 0) is 7.05 Å². The highest BCUT2D eigenvalue weighted by Crippen LogP contribution is 2.07. The van der Waals surface area contributed by atoms with Gasteiger partial charge in [-0.25, -0.2) is 0 Å². The molecule has 56 valence electrons. The van der Waals surface area contributed by atoms with E-state index >= 15 is 0 Å². The number of hydrogen-bond donors (Lipinski definition) is 1. The third-order valence-corrected chi connectivity index (χ3v) is 1.29. The highest BCUT2D eigenvalue weighted by atomic mass is 15.5.